The lowest BCUT2D eigenvalue weighted by atomic mass is 10.3. The Morgan fingerprint density at radius 2 is 1.86 bits per heavy atom. The molecule has 7 nitrogen and oxygen atoms in total. The number of halogens is 1. The summed E-state index contributed by atoms with van der Waals surface area (Å²) in [6, 6.07) is 14.6. The number of carbonyl (C=O) groups is 1. The number of hydrogen-bond donors (Lipinski definition) is 1. The fraction of sp³-hybridized carbons (Fsp3) is 0.250. The smallest absolute Gasteiger partial charge is 0.232 e. The third-order valence-electron chi connectivity index (χ3n) is 4.03. The Balaban J connectivity index is 1.50. The first-order valence-electron chi connectivity index (χ1n) is 8.89. The number of benzene rings is 2. The van der Waals surface area contributed by atoms with Crippen LogP contribution in [-0.4, -0.2) is 40.1 Å². The van der Waals surface area contributed by atoms with Crippen molar-refractivity contribution < 1.29 is 14.3 Å². The first-order chi connectivity index (χ1) is 14.1. The van der Waals surface area contributed by atoms with Crippen molar-refractivity contribution in [2.75, 3.05) is 24.8 Å². The Morgan fingerprint density at radius 3 is 2.62 bits per heavy atom. The molecule has 9 heteroatoms. The van der Waals surface area contributed by atoms with Crippen molar-refractivity contribution in [2.45, 2.75) is 11.6 Å². The second-order valence-electron chi connectivity index (χ2n) is 6.01. The van der Waals surface area contributed by atoms with Gasteiger partial charge in [0.05, 0.1) is 30.8 Å². The number of rotatable bonds is 9. The average molecular weight is 433 g/mol. The molecular weight excluding hydrogens is 412 g/mol. The molecule has 0 bridgehead atoms. The molecule has 0 spiro atoms. The van der Waals surface area contributed by atoms with Gasteiger partial charge in [-0.2, -0.15) is 0 Å². The van der Waals surface area contributed by atoms with Crippen LogP contribution in [0.25, 0.3) is 0 Å². The fourth-order valence-electron chi connectivity index (χ4n) is 2.55. The number of amides is 1. The normalized spacial score (nSPS) is 10.6. The van der Waals surface area contributed by atoms with Gasteiger partial charge in [0.15, 0.2) is 16.7 Å². The van der Waals surface area contributed by atoms with E-state index in [0.29, 0.717) is 45.5 Å². The van der Waals surface area contributed by atoms with E-state index in [1.165, 1.54) is 11.8 Å². The van der Waals surface area contributed by atoms with Gasteiger partial charge in [-0.1, -0.05) is 47.6 Å². The van der Waals surface area contributed by atoms with Crippen molar-refractivity contribution in [1.82, 2.24) is 14.8 Å². The number of anilines is 1. The third kappa shape index (κ3) is 5.65. The van der Waals surface area contributed by atoms with Crippen LogP contribution in [0.1, 0.15) is 5.82 Å². The number of para-hydroxylation sites is 3. The summed E-state index contributed by atoms with van der Waals surface area (Å²) in [5, 5.41) is 12.3. The lowest BCUT2D eigenvalue weighted by molar-refractivity contribution is -0.115. The molecule has 1 amide bonds. The molecule has 0 saturated carbocycles. The number of nitrogens with zero attached hydrogens (tertiary/aromatic N) is 3. The van der Waals surface area contributed by atoms with Gasteiger partial charge in [-0.3, -0.25) is 4.79 Å². The molecule has 2 aromatic carbocycles. The number of carbonyl (C=O) groups excluding carboxylic acids is 1. The first kappa shape index (κ1) is 21.0. The lowest BCUT2D eigenvalue weighted by Crippen LogP contribution is -2.17. The van der Waals surface area contributed by atoms with Crippen LogP contribution in [0, 0.1) is 0 Å². The van der Waals surface area contributed by atoms with E-state index in [9.17, 15) is 4.79 Å². The highest BCUT2D eigenvalue weighted by Crippen LogP contribution is 2.26. The van der Waals surface area contributed by atoms with Crippen LogP contribution in [-0.2, 0) is 18.3 Å². The number of methoxy groups -OCH3 is 1. The van der Waals surface area contributed by atoms with Crippen LogP contribution >= 0.6 is 23.4 Å². The number of ether oxygens (including phenoxy) is 2. The van der Waals surface area contributed by atoms with Crippen molar-refractivity contribution in [3.8, 4) is 11.5 Å². The van der Waals surface area contributed by atoms with E-state index in [0.717, 1.165) is 0 Å². The number of nitrogens with one attached hydrogen (secondary N) is 1. The minimum Gasteiger partial charge on any atom is -0.493 e. The molecule has 152 valence electrons. The van der Waals surface area contributed by atoms with Crippen molar-refractivity contribution in [3.05, 3.63) is 59.4 Å². The Labute approximate surface area is 178 Å². The molecule has 0 unspecified atom stereocenters. The molecule has 3 rings (SSSR count). The van der Waals surface area contributed by atoms with E-state index in [-0.39, 0.29) is 12.3 Å². The zero-order valence-electron chi connectivity index (χ0n) is 16.1. The van der Waals surface area contributed by atoms with Gasteiger partial charge in [-0.05, 0) is 24.3 Å². The van der Waals surface area contributed by atoms with E-state index in [1.54, 1.807) is 23.8 Å². The van der Waals surface area contributed by atoms with E-state index >= 15 is 0 Å². The molecule has 0 aliphatic heterocycles. The molecule has 0 fully saturated rings. The van der Waals surface area contributed by atoms with Crippen LogP contribution in [0.5, 0.6) is 11.5 Å². The molecule has 0 saturated heterocycles. The Bertz CT molecular complexity index is 980. The predicted molar refractivity (Wildman–Crippen MR) is 114 cm³/mol. The lowest BCUT2D eigenvalue weighted by Gasteiger charge is -2.10. The van der Waals surface area contributed by atoms with Crippen molar-refractivity contribution in [1.29, 1.82) is 0 Å². The zero-order chi connectivity index (χ0) is 20.6. The summed E-state index contributed by atoms with van der Waals surface area (Å²) < 4.78 is 12.8. The maximum atomic E-state index is 12.3. The third-order valence-corrected chi connectivity index (χ3v) is 5.35. The van der Waals surface area contributed by atoms with Crippen LogP contribution in [0.15, 0.2) is 53.7 Å². The number of thioether (sulfide) groups is 1. The van der Waals surface area contributed by atoms with Gasteiger partial charge in [0.25, 0.3) is 0 Å². The summed E-state index contributed by atoms with van der Waals surface area (Å²) >= 11 is 7.57. The van der Waals surface area contributed by atoms with Gasteiger partial charge in [-0.15, -0.1) is 10.2 Å². The van der Waals surface area contributed by atoms with Gasteiger partial charge >= 0.3 is 0 Å². The second-order valence-corrected chi connectivity index (χ2v) is 7.48. The van der Waals surface area contributed by atoms with Crippen LogP contribution in [0.4, 0.5) is 5.69 Å². The monoisotopic (exact) mass is 432 g/mol. The summed E-state index contributed by atoms with van der Waals surface area (Å²) in [6.07, 6.45) is 0.104. The predicted octanol–water partition coefficient (Wildman–Crippen LogP) is 3.83. The van der Waals surface area contributed by atoms with Crippen LogP contribution in [0.3, 0.4) is 0 Å². The zero-order valence-corrected chi connectivity index (χ0v) is 17.7. The number of hydrogen-bond acceptors (Lipinski definition) is 6. The Kier molecular flexibility index (Phi) is 7.37. The SMILES string of the molecule is COc1ccccc1OCCSc1nnc(CC(=O)Nc2ccccc2Cl)n1C. The summed E-state index contributed by atoms with van der Waals surface area (Å²) in [5.41, 5.74) is 0.574. The highest BCUT2D eigenvalue weighted by molar-refractivity contribution is 7.99. The molecule has 1 heterocycles. The Hall–Kier alpha value is -2.71. The first-order valence-corrected chi connectivity index (χ1v) is 10.3. The van der Waals surface area contributed by atoms with E-state index in [2.05, 4.69) is 15.5 Å². The summed E-state index contributed by atoms with van der Waals surface area (Å²) in [4.78, 5) is 12.3. The molecule has 29 heavy (non-hydrogen) atoms. The minimum atomic E-state index is -0.204. The van der Waals surface area contributed by atoms with Crippen LogP contribution in [0.2, 0.25) is 5.02 Å². The quantitative estimate of drug-likeness (QED) is 0.409. The molecule has 3 aromatic rings. The second kappa shape index (κ2) is 10.2. The molecule has 1 aromatic heterocycles. The molecule has 0 aliphatic rings. The van der Waals surface area contributed by atoms with Gasteiger partial charge in [0.1, 0.15) is 5.82 Å². The molecule has 0 radical (unpaired) electrons. The highest BCUT2D eigenvalue weighted by Gasteiger charge is 2.14. The average Bonchev–Trinajstić information content (AvgIpc) is 3.06. The van der Waals surface area contributed by atoms with E-state index < -0.39 is 0 Å². The van der Waals surface area contributed by atoms with E-state index in [4.69, 9.17) is 21.1 Å². The fourth-order valence-corrected chi connectivity index (χ4v) is 3.48. The standard InChI is InChI=1S/C20H21ClN4O3S/c1-25-18(13-19(26)22-15-8-4-3-7-14(15)21)23-24-20(25)29-12-11-28-17-10-6-5-9-16(17)27-2/h3-10H,11-13H2,1-2H3,(H,22,26). The maximum Gasteiger partial charge on any atom is 0.232 e. The Morgan fingerprint density at radius 1 is 1.14 bits per heavy atom. The summed E-state index contributed by atoms with van der Waals surface area (Å²) in [5.74, 6) is 2.44. The maximum absolute atomic E-state index is 12.3. The number of aromatic nitrogens is 3. The highest BCUT2D eigenvalue weighted by atomic mass is 35.5. The largest absolute Gasteiger partial charge is 0.493 e. The van der Waals surface area contributed by atoms with Gasteiger partial charge in [0, 0.05) is 12.8 Å². The molecule has 1 N–H and O–H groups in total. The van der Waals surface area contributed by atoms with E-state index in [1.807, 2.05) is 43.4 Å². The molecular formula is C20H21ClN4O3S. The van der Waals surface area contributed by atoms with Gasteiger partial charge < -0.3 is 19.4 Å². The molecule has 0 aliphatic carbocycles. The van der Waals surface area contributed by atoms with Gasteiger partial charge in [0.2, 0.25) is 5.91 Å². The minimum absolute atomic E-state index is 0.104. The molecule has 0 atom stereocenters. The van der Waals surface area contributed by atoms with Crippen molar-refractivity contribution in [3.63, 3.8) is 0 Å². The summed E-state index contributed by atoms with van der Waals surface area (Å²) in [7, 11) is 3.45. The van der Waals surface area contributed by atoms with Gasteiger partial charge in [-0.25, -0.2) is 0 Å². The van der Waals surface area contributed by atoms with Crippen molar-refractivity contribution >= 4 is 35.0 Å². The topological polar surface area (TPSA) is 78.3 Å². The van der Waals surface area contributed by atoms with Crippen LogP contribution < -0.4 is 14.8 Å². The summed E-state index contributed by atoms with van der Waals surface area (Å²) in [6.45, 7) is 0.486. The van der Waals surface area contributed by atoms with Crippen molar-refractivity contribution in [2.24, 2.45) is 7.05 Å².